The number of sulfonamides is 1. The van der Waals surface area contributed by atoms with Crippen LogP contribution in [0, 0.1) is 6.92 Å². The molecule has 0 radical (unpaired) electrons. The third-order valence-corrected chi connectivity index (χ3v) is 9.64. The van der Waals surface area contributed by atoms with Gasteiger partial charge in [-0.05, 0) is 50.5 Å². The number of amides is 1. The highest BCUT2D eigenvalue weighted by Gasteiger charge is 2.31. The van der Waals surface area contributed by atoms with Gasteiger partial charge in [-0.15, -0.1) is 0 Å². The number of benzene rings is 1. The lowest BCUT2D eigenvalue weighted by atomic mass is 10.2. The van der Waals surface area contributed by atoms with Crippen LogP contribution in [0.1, 0.15) is 54.2 Å². The number of anilines is 1. The zero-order chi connectivity index (χ0) is 22.9. The summed E-state index contributed by atoms with van der Waals surface area (Å²) in [6, 6.07) is 7.29. The highest BCUT2D eigenvalue weighted by atomic mass is 32.2. The summed E-state index contributed by atoms with van der Waals surface area (Å²) < 4.78 is 52.6. The highest BCUT2D eigenvalue weighted by Crippen LogP contribution is 2.27. The molecule has 0 spiro atoms. The molecule has 1 unspecified atom stereocenters. The van der Waals surface area contributed by atoms with Gasteiger partial charge >= 0.3 is 0 Å². The van der Waals surface area contributed by atoms with Crippen molar-refractivity contribution in [1.82, 2.24) is 14.1 Å². The number of aryl methyl sites for hydroxylation is 1. The minimum atomic E-state index is -3.58. The molecular weight excluding hydrogens is 452 g/mol. The van der Waals surface area contributed by atoms with E-state index in [0.29, 0.717) is 36.6 Å². The van der Waals surface area contributed by atoms with E-state index in [0.717, 1.165) is 25.7 Å². The van der Waals surface area contributed by atoms with Gasteiger partial charge in [-0.2, -0.15) is 9.40 Å². The summed E-state index contributed by atoms with van der Waals surface area (Å²) in [4.78, 5) is 13.0. The fourth-order valence-electron chi connectivity index (χ4n) is 4.25. The molecule has 11 heteroatoms. The van der Waals surface area contributed by atoms with Crippen LogP contribution < -0.4 is 5.32 Å². The topological polar surface area (TPSA) is 118 Å². The molecule has 1 atom stereocenters. The van der Waals surface area contributed by atoms with E-state index < -0.39 is 25.8 Å². The fourth-order valence-corrected chi connectivity index (χ4v) is 7.46. The lowest BCUT2D eigenvalue weighted by Gasteiger charge is -2.20. The van der Waals surface area contributed by atoms with Gasteiger partial charge in [-0.25, -0.2) is 21.5 Å². The Hall–Kier alpha value is -2.24. The molecule has 1 N–H and O–H groups in total. The Labute approximate surface area is 188 Å². The molecule has 0 aliphatic carbocycles. The van der Waals surface area contributed by atoms with Crippen LogP contribution in [0.4, 0.5) is 5.82 Å². The first-order valence-electron chi connectivity index (χ1n) is 10.8. The van der Waals surface area contributed by atoms with Gasteiger partial charge in [0.25, 0.3) is 5.91 Å². The maximum absolute atomic E-state index is 12.9. The van der Waals surface area contributed by atoms with Gasteiger partial charge in [0.15, 0.2) is 9.84 Å². The molecule has 1 amide bonds. The van der Waals surface area contributed by atoms with Crippen molar-refractivity contribution in [2.24, 2.45) is 0 Å². The standard InChI is InChI=1S/C21H28N4O5S2/c1-16-14-20(25(23-16)18-10-13-31(27,28)15-18)22-21(26)17-6-8-19(9-7-17)32(29,30)24-11-4-2-3-5-12-24/h6-9,14,18H,2-5,10-13,15H2,1H3,(H,22,26). The molecule has 2 aromatic rings. The van der Waals surface area contributed by atoms with Crippen molar-refractivity contribution in [3.05, 3.63) is 41.6 Å². The molecule has 174 valence electrons. The molecule has 2 aliphatic heterocycles. The van der Waals surface area contributed by atoms with Crippen LogP contribution in [0.15, 0.2) is 35.2 Å². The van der Waals surface area contributed by atoms with Crippen LogP contribution in [0.25, 0.3) is 0 Å². The molecular formula is C21H28N4O5S2. The first-order chi connectivity index (χ1) is 15.2. The van der Waals surface area contributed by atoms with Crippen LogP contribution in [-0.4, -0.2) is 61.4 Å². The largest absolute Gasteiger partial charge is 0.307 e. The number of nitrogens with one attached hydrogen (secondary N) is 1. The molecule has 0 bridgehead atoms. The predicted molar refractivity (Wildman–Crippen MR) is 121 cm³/mol. The molecule has 4 rings (SSSR count). The lowest BCUT2D eigenvalue weighted by Crippen LogP contribution is -2.32. The third-order valence-electron chi connectivity index (χ3n) is 5.97. The molecule has 32 heavy (non-hydrogen) atoms. The summed E-state index contributed by atoms with van der Waals surface area (Å²) in [5.41, 5.74) is 0.979. The average molecular weight is 481 g/mol. The second-order valence-electron chi connectivity index (χ2n) is 8.47. The minimum absolute atomic E-state index is 0.0000466. The Morgan fingerprint density at radius 2 is 1.75 bits per heavy atom. The summed E-state index contributed by atoms with van der Waals surface area (Å²) in [5.74, 6) is 0.123. The number of sulfone groups is 1. The number of carbonyl (C=O) groups is 1. The van der Waals surface area contributed by atoms with Gasteiger partial charge in [0, 0.05) is 24.7 Å². The van der Waals surface area contributed by atoms with E-state index in [1.165, 1.54) is 28.6 Å². The Morgan fingerprint density at radius 1 is 1.09 bits per heavy atom. The van der Waals surface area contributed by atoms with Crippen molar-refractivity contribution in [2.45, 2.75) is 50.0 Å². The number of carbonyl (C=O) groups excluding carboxylic acids is 1. The summed E-state index contributed by atoms with van der Waals surface area (Å²) in [7, 11) is -6.68. The van der Waals surface area contributed by atoms with E-state index >= 15 is 0 Å². The van der Waals surface area contributed by atoms with Crippen LogP contribution in [-0.2, 0) is 19.9 Å². The molecule has 1 aromatic carbocycles. The second-order valence-corrected chi connectivity index (χ2v) is 12.6. The van der Waals surface area contributed by atoms with Gasteiger partial charge in [-0.1, -0.05) is 12.8 Å². The number of hydrogen-bond acceptors (Lipinski definition) is 6. The van der Waals surface area contributed by atoms with Crippen molar-refractivity contribution >= 4 is 31.6 Å². The van der Waals surface area contributed by atoms with Gasteiger partial charge in [-0.3, -0.25) is 4.79 Å². The Balaban J connectivity index is 1.49. The monoisotopic (exact) mass is 480 g/mol. The van der Waals surface area contributed by atoms with Crippen molar-refractivity contribution in [3.8, 4) is 0 Å². The summed E-state index contributed by atoms with van der Waals surface area (Å²) >= 11 is 0. The SMILES string of the molecule is Cc1cc(NC(=O)c2ccc(S(=O)(=O)N3CCCCCC3)cc2)n(C2CCS(=O)(=O)C2)n1. The minimum Gasteiger partial charge on any atom is -0.307 e. The number of rotatable bonds is 5. The van der Waals surface area contributed by atoms with Gasteiger partial charge in [0.05, 0.1) is 28.1 Å². The molecule has 2 aliphatic rings. The van der Waals surface area contributed by atoms with E-state index in [2.05, 4.69) is 10.4 Å². The number of hydrogen-bond donors (Lipinski definition) is 1. The average Bonchev–Trinajstić information content (AvgIpc) is 3.15. The number of aromatic nitrogens is 2. The molecule has 3 heterocycles. The van der Waals surface area contributed by atoms with Crippen molar-refractivity contribution in [1.29, 1.82) is 0 Å². The van der Waals surface area contributed by atoms with Crippen molar-refractivity contribution in [2.75, 3.05) is 29.9 Å². The fraction of sp³-hybridized carbons (Fsp3) is 0.524. The summed E-state index contributed by atoms with van der Waals surface area (Å²) in [6.07, 6.45) is 4.24. The molecule has 2 fully saturated rings. The van der Waals surface area contributed by atoms with Crippen molar-refractivity contribution in [3.63, 3.8) is 0 Å². The number of nitrogens with zero attached hydrogens (tertiary/aromatic N) is 3. The normalized spacial score (nSPS) is 21.8. The Bertz CT molecular complexity index is 1200. The summed E-state index contributed by atoms with van der Waals surface area (Å²) in [6.45, 7) is 2.81. The molecule has 9 nitrogen and oxygen atoms in total. The third kappa shape index (κ3) is 4.89. The van der Waals surface area contributed by atoms with E-state index in [-0.39, 0.29) is 22.4 Å². The smallest absolute Gasteiger partial charge is 0.256 e. The first kappa shape index (κ1) is 22.9. The zero-order valence-electron chi connectivity index (χ0n) is 18.0. The summed E-state index contributed by atoms with van der Waals surface area (Å²) in [5, 5.41) is 7.15. The van der Waals surface area contributed by atoms with Crippen LogP contribution in [0.5, 0.6) is 0 Å². The van der Waals surface area contributed by atoms with Gasteiger partial charge in [0.1, 0.15) is 5.82 Å². The quantitative estimate of drug-likeness (QED) is 0.702. The molecule has 1 aromatic heterocycles. The van der Waals surface area contributed by atoms with E-state index in [9.17, 15) is 21.6 Å². The predicted octanol–water partition coefficient (Wildman–Crippen LogP) is 2.37. The van der Waals surface area contributed by atoms with Crippen LogP contribution in [0.2, 0.25) is 0 Å². The van der Waals surface area contributed by atoms with Gasteiger partial charge < -0.3 is 5.32 Å². The van der Waals surface area contributed by atoms with Crippen molar-refractivity contribution < 1.29 is 21.6 Å². The first-order valence-corrected chi connectivity index (χ1v) is 14.1. The van der Waals surface area contributed by atoms with Crippen LogP contribution >= 0.6 is 0 Å². The van der Waals surface area contributed by atoms with E-state index in [1.807, 2.05) is 0 Å². The zero-order valence-corrected chi connectivity index (χ0v) is 19.7. The maximum atomic E-state index is 12.9. The Morgan fingerprint density at radius 3 is 2.34 bits per heavy atom. The van der Waals surface area contributed by atoms with Crippen LogP contribution in [0.3, 0.4) is 0 Å². The lowest BCUT2D eigenvalue weighted by molar-refractivity contribution is 0.102. The van der Waals surface area contributed by atoms with Gasteiger partial charge in [0.2, 0.25) is 10.0 Å². The van der Waals surface area contributed by atoms with E-state index in [1.54, 1.807) is 17.7 Å². The molecule has 2 saturated heterocycles. The Kier molecular flexibility index (Phi) is 6.42. The molecule has 0 saturated carbocycles. The van der Waals surface area contributed by atoms with E-state index in [4.69, 9.17) is 0 Å². The highest BCUT2D eigenvalue weighted by molar-refractivity contribution is 7.91. The maximum Gasteiger partial charge on any atom is 0.256 e. The second kappa shape index (κ2) is 8.95.